The van der Waals surface area contributed by atoms with Crippen molar-refractivity contribution in [2.75, 3.05) is 11.1 Å². The van der Waals surface area contributed by atoms with E-state index in [2.05, 4.69) is 10.5 Å². The van der Waals surface area contributed by atoms with Gasteiger partial charge in [0.1, 0.15) is 16.0 Å². The molecule has 1 aromatic heterocycles. The summed E-state index contributed by atoms with van der Waals surface area (Å²) in [6.45, 7) is 2.77. The maximum atomic E-state index is 12.2. The van der Waals surface area contributed by atoms with Gasteiger partial charge in [-0.2, -0.15) is 13.2 Å². The second kappa shape index (κ2) is 6.47. The maximum absolute atomic E-state index is 12.2. The molecule has 1 aromatic rings. The summed E-state index contributed by atoms with van der Waals surface area (Å²) < 4.78 is 52.1. The summed E-state index contributed by atoms with van der Waals surface area (Å²) in [7, 11) is -1.79. The summed E-state index contributed by atoms with van der Waals surface area (Å²) in [4.78, 5) is 12.2. The van der Waals surface area contributed by atoms with Crippen LogP contribution in [0.25, 0.3) is 0 Å². The number of carbonyl (C=O) groups excluding carboxylic acids is 1. The number of nitrogens with one attached hydrogen (secondary N) is 1. The Labute approximate surface area is 139 Å². The average Bonchev–Trinajstić information content (AvgIpc) is 3.02. The van der Waals surface area contributed by atoms with Gasteiger partial charge in [-0.3, -0.25) is 14.3 Å². The quantitative estimate of drug-likeness (QED) is 0.771. The summed E-state index contributed by atoms with van der Waals surface area (Å²) in [5.41, 5.74) is -0.704. The molecule has 0 aromatic carbocycles. The van der Waals surface area contributed by atoms with Crippen molar-refractivity contribution in [3.8, 4) is 0 Å². The van der Waals surface area contributed by atoms with Gasteiger partial charge in [-0.05, 0) is 33.1 Å². The molecule has 0 radical (unpaired) electrons. The molecule has 0 bridgehead atoms. The predicted molar refractivity (Wildman–Crippen MR) is 80.6 cm³/mol. The number of amides is 1. The molecule has 1 amide bonds. The number of hydrogen-bond acceptors (Lipinski definition) is 5. The highest BCUT2D eigenvalue weighted by Crippen LogP contribution is 2.45. The smallest absolute Gasteiger partial charge is 0.383 e. The van der Waals surface area contributed by atoms with Gasteiger partial charge in [-0.15, -0.1) is 0 Å². The molecule has 0 spiro atoms. The van der Waals surface area contributed by atoms with Crippen molar-refractivity contribution >= 4 is 22.6 Å². The Kier molecular flexibility index (Phi) is 5.10. The van der Waals surface area contributed by atoms with Crippen LogP contribution in [-0.2, 0) is 21.2 Å². The summed E-state index contributed by atoms with van der Waals surface area (Å²) >= 11 is 0. The lowest BCUT2D eigenvalue weighted by Gasteiger charge is -2.22. The summed E-state index contributed by atoms with van der Waals surface area (Å²) in [6.07, 6.45) is -4.55. The van der Waals surface area contributed by atoms with E-state index in [0.717, 1.165) is 0 Å². The number of carbonyl (C=O) groups is 1. The first-order valence-corrected chi connectivity index (χ1v) is 8.72. The van der Waals surface area contributed by atoms with Gasteiger partial charge in [0.05, 0.1) is 0 Å². The number of nitrogens with zero attached hydrogens (tertiary/aromatic N) is 1. The van der Waals surface area contributed by atoms with Crippen molar-refractivity contribution in [3.05, 3.63) is 11.8 Å². The van der Waals surface area contributed by atoms with E-state index >= 15 is 0 Å². The molecule has 1 aliphatic rings. The van der Waals surface area contributed by atoms with Gasteiger partial charge in [0.15, 0.2) is 0 Å². The van der Waals surface area contributed by atoms with E-state index in [-0.39, 0.29) is 18.1 Å². The Morgan fingerprint density at radius 3 is 2.62 bits per heavy atom. The first kappa shape index (κ1) is 18.9. The number of alkyl halides is 3. The molecular weight excluding hydrogens is 349 g/mol. The van der Waals surface area contributed by atoms with Gasteiger partial charge in [0.25, 0.3) is 0 Å². The van der Waals surface area contributed by atoms with Crippen LogP contribution in [0.1, 0.15) is 45.2 Å². The molecule has 0 aliphatic heterocycles. The molecule has 10 heteroatoms. The van der Waals surface area contributed by atoms with Crippen molar-refractivity contribution in [2.24, 2.45) is 0 Å². The Hall–Kier alpha value is -1.42. The zero-order valence-electron chi connectivity index (χ0n) is 13.3. The molecule has 136 valence electrons. The van der Waals surface area contributed by atoms with Crippen LogP contribution in [0.3, 0.4) is 0 Å². The molecule has 0 saturated heterocycles. The van der Waals surface area contributed by atoms with Crippen molar-refractivity contribution in [1.82, 2.24) is 5.16 Å². The third-order valence-corrected chi connectivity index (χ3v) is 5.84. The van der Waals surface area contributed by atoms with E-state index in [9.17, 15) is 27.3 Å². The highest BCUT2D eigenvalue weighted by atomic mass is 32.2. The molecule has 24 heavy (non-hydrogen) atoms. The van der Waals surface area contributed by atoms with Crippen LogP contribution in [0.2, 0.25) is 0 Å². The highest BCUT2D eigenvalue weighted by molar-refractivity contribution is 7.87. The number of anilines is 1. The third kappa shape index (κ3) is 4.56. The maximum Gasteiger partial charge on any atom is 0.389 e. The fourth-order valence-electron chi connectivity index (χ4n) is 1.95. The zero-order valence-corrected chi connectivity index (χ0v) is 14.1. The van der Waals surface area contributed by atoms with Crippen LogP contribution >= 0.6 is 0 Å². The van der Waals surface area contributed by atoms with Crippen molar-refractivity contribution in [2.45, 2.75) is 56.1 Å². The number of hydrogen-bond donors (Lipinski definition) is 2. The molecule has 1 saturated carbocycles. The lowest BCUT2D eigenvalue weighted by molar-refractivity contribution is -0.134. The van der Waals surface area contributed by atoms with Gasteiger partial charge < -0.3 is 9.63 Å². The lowest BCUT2D eigenvalue weighted by Crippen LogP contribution is -2.42. The lowest BCUT2D eigenvalue weighted by atomic mass is 10.2. The molecule has 1 heterocycles. The zero-order chi connectivity index (χ0) is 18.2. The molecule has 6 nitrogen and oxygen atoms in total. The van der Waals surface area contributed by atoms with Crippen molar-refractivity contribution in [1.29, 1.82) is 0 Å². The predicted octanol–water partition coefficient (Wildman–Crippen LogP) is 2.46. The second-order valence-corrected chi connectivity index (χ2v) is 8.46. The third-order valence-electron chi connectivity index (χ3n) is 3.85. The highest BCUT2D eigenvalue weighted by Gasteiger charge is 2.45. The number of halogens is 3. The van der Waals surface area contributed by atoms with Crippen LogP contribution in [0.15, 0.2) is 10.6 Å². The van der Waals surface area contributed by atoms with Gasteiger partial charge in [-0.25, -0.2) is 0 Å². The Morgan fingerprint density at radius 2 is 2.08 bits per heavy atom. The Bertz CT molecular complexity index is 638. The van der Waals surface area contributed by atoms with Crippen molar-refractivity contribution < 1.29 is 31.8 Å². The number of aromatic nitrogens is 1. The molecule has 1 unspecified atom stereocenters. The van der Waals surface area contributed by atoms with Crippen LogP contribution in [-0.4, -0.2) is 37.1 Å². The Balaban J connectivity index is 1.91. The van der Waals surface area contributed by atoms with Crippen molar-refractivity contribution in [3.63, 3.8) is 0 Å². The fraction of sp³-hybridized carbons (Fsp3) is 0.714. The average molecular weight is 368 g/mol. The first-order chi connectivity index (χ1) is 10.9. The van der Waals surface area contributed by atoms with Gasteiger partial charge in [0, 0.05) is 29.0 Å². The van der Waals surface area contributed by atoms with E-state index in [4.69, 9.17) is 4.52 Å². The van der Waals surface area contributed by atoms with Gasteiger partial charge in [-0.1, -0.05) is 5.16 Å². The molecule has 1 fully saturated rings. The van der Waals surface area contributed by atoms with Crippen LogP contribution in [0, 0.1) is 0 Å². The fourth-order valence-corrected chi connectivity index (χ4v) is 3.13. The topological polar surface area (TPSA) is 92.4 Å². The van der Waals surface area contributed by atoms with Crippen LogP contribution in [0.5, 0.6) is 0 Å². The van der Waals surface area contributed by atoms with E-state index < -0.39 is 39.7 Å². The minimum atomic E-state index is -4.31. The molecule has 1 atom stereocenters. The van der Waals surface area contributed by atoms with E-state index in [1.807, 2.05) is 0 Å². The summed E-state index contributed by atoms with van der Waals surface area (Å²) in [5.74, 6) is -0.893. The van der Waals surface area contributed by atoms with E-state index in [1.165, 1.54) is 19.9 Å². The Morgan fingerprint density at radius 1 is 1.46 bits per heavy atom. The minimum Gasteiger partial charge on any atom is -0.383 e. The molecule has 2 rings (SSSR count). The normalized spacial score (nSPS) is 18.2. The standard InChI is InChI=1S/C14H19F3N2O4S/c1-12(2,24(22)7-3-4-14(15,16)17)11(20)18-10-8-9(19-23-10)13(21)5-6-13/h8,21H,3-7H2,1-2H3,(H,18,20). The summed E-state index contributed by atoms with van der Waals surface area (Å²) in [5, 5.41) is 15.9. The largest absolute Gasteiger partial charge is 0.389 e. The van der Waals surface area contributed by atoms with Crippen LogP contribution in [0.4, 0.5) is 19.1 Å². The SMILES string of the molecule is CC(C)(C(=O)Nc1cc(C2(O)CC2)no1)S(=O)CCCC(F)(F)F. The molecule has 2 N–H and O–H groups in total. The van der Waals surface area contributed by atoms with Gasteiger partial charge >= 0.3 is 6.18 Å². The van der Waals surface area contributed by atoms with Gasteiger partial charge in [0.2, 0.25) is 11.8 Å². The van der Waals surface area contributed by atoms with E-state index in [0.29, 0.717) is 18.5 Å². The number of rotatable bonds is 7. The summed E-state index contributed by atoms with van der Waals surface area (Å²) in [6, 6.07) is 1.38. The molecule has 1 aliphatic carbocycles. The van der Waals surface area contributed by atoms with Crippen LogP contribution < -0.4 is 5.32 Å². The second-order valence-electron chi connectivity index (χ2n) is 6.34. The first-order valence-electron chi connectivity index (χ1n) is 7.40. The van der Waals surface area contributed by atoms with E-state index in [1.54, 1.807) is 0 Å². The monoisotopic (exact) mass is 368 g/mol. The molecular formula is C14H19F3N2O4S. The minimum absolute atomic E-state index is 0.00399. The number of aliphatic hydroxyl groups is 1.